The summed E-state index contributed by atoms with van der Waals surface area (Å²) < 4.78 is 0.340. The van der Waals surface area contributed by atoms with Gasteiger partial charge in [-0.15, -0.1) is 10.2 Å². The van der Waals surface area contributed by atoms with Crippen molar-refractivity contribution in [3.63, 3.8) is 0 Å². The van der Waals surface area contributed by atoms with Crippen molar-refractivity contribution in [2.24, 2.45) is 0 Å². The molecule has 8 heteroatoms. The molecule has 0 saturated carbocycles. The summed E-state index contributed by atoms with van der Waals surface area (Å²) in [6.45, 7) is 0. The average Bonchev–Trinajstić information content (AvgIpc) is 2.12. The molecule has 0 atom stereocenters. The molecule has 2 heterocycles. The summed E-state index contributed by atoms with van der Waals surface area (Å²) in [6, 6.07) is 0. The molecule has 2 aromatic rings. The molecule has 0 fully saturated rings. The van der Waals surface area contributed by atoms with Gasteiger partial charge in [-0.2, -0.15) is 0 Å². The maximum Gasteiger partial charge on any atom is 0.326 e. The minimum Gasteiger partial charge on any atom is -0.304 e. The van der Waals surface area contributed by atoms with Crippen LogP contribution in [0.25, 0.3) is 11.0 Å². The van der Waals surface area contributed by atoms with E-state index in [4.69, 9.17) is 11.6 Å². The minimum absolute atomic E-state index is 0.0286. The van der Waals surface area contributed by atoms with Gasteiger partial charge in [0.2, 0.25) is 0 Å². The summed E-state index contributed by atoms with van der Waals surface area (Å²) in [5.41, 5.74) is -0.958. The smallest absolute Gasteiger partial charge is 0.304 e. The van der Waals surface area contributed by atoms with Gasteiger partial charge in [-0.25, -0.2) is 4.79 Å². The summed E-state index contributed by atoms with van der Waals surface area (Å²) in [5.74, 6) is 0. The number of rotatable bonds is 0. The molecular weight excluding hydrogens is 275 g/mol. The molecule has 0 radical (unpaired) electrons. The van der Waals surface area contributed by atoms with Gasteiger partial charge in [-0.05, 0) is 15.9 Å². The van der Waals surface area contributed by atoms with E-state index in [1.807, 2.05) is 4.98 Å². The molecule has 14 heavy (non-hydrogen) atoms. The predicted octanol–water partition coefficient (Wildman–Crippen LogP) is 0.422. The first-order valence-electron chi connectivity index (χ1n) is 3.43. The monoisotopic (exact) mass is 276 g/mol. The van der Waals surface area contributed by atoms with Gasteiger partial charge in [-0.3, -0.25) is 9.78 Å². The molecule has 0 bridgehead atoms. The number of hydrogen-bond acceptors (Lipinski definition) is 4. The molecule has 0 aliphatic carbocycles. The van der Waals surface area contributed by atoms with Crippen molar-refractivity contribution in [3.05, 3.63) is 30.5 Å². The molecule has 2 aromatic heterocycles. The first kappa shape index (κ1) is 9.35. The fourth-order valence-electron chi connectivity index (χ4n) is 0.975. The van der Waals surface area contributed by atoms with Crippen molar-refractivity contribution < 1.29 is 0 Å². The van der Waals surface area contributed by atoms with Crippen LogP contribution >= 0.6 is 27.5 Å². The van der Waals surface area contributed by atoms with Crippen molar-refractivity contribution >= 4 is 38.6 Å². The molecule has 0 spiro atoms. The van der Waals surface area contributed by atoms with E-state index in [1.54, 1.807) is 0 Å². The largest absolute Gasteiger partial charge is 0.326 e. The number of aromatic nitrogens is 4. The molecule has 0 amide bonds. The second-order valence-corrected chi connectivity index (χ2v) is 3.59. The lowest BCUT2D eigenvalue weighted by Gasteiger charge is -1.98. The zero-order valence-corrected chi connectivity index (χ0v) is 8.81. The van der Waals surface area contributed by atoms with Crippen molar-refractivity contribution in [2.75, 3.05) is 0 Å². The quantitative estimate of drug-likeness (QED) is 0.730. The van der Waals surface area contributed by atoms with E-state index >= 15 is 0 Å². The Balaban J connectivity index is 3.10. The highest BCUT2D eigenvalue weighted by molar-refractivity contribution is 9.10. The van der Waals surface area contributed by atoms with Gasteiger partial charge < -0.3 is 4.98 Å². The Bertz CT molecular complexity index is 619. The van der Waals surface area contributed by atoms with Crippen molar-refractivity contribution in [3.8, 4) is 0 Å². The molecule has 2 rings (SSSR count). The lowest BCUT2D eigenvalue weighted by atomic mass is 10.4. The van der Waals surface area contributed by atoms with Crippen LogP contribution in [0.15, 0.2) is 14.1 Å². The number of nitrogens with zero attached hydrogens (tertiary/aromatic N) is 2. The number of H-pyrrole nitrogens is 2. The Hall–Kier alpha value is -1.21. The van der Waals surface area contributed by atoms with Gasteiger partial charge in [0.05, 0.1) is 9.99 Å². The standard InChI is InChI=1S/C6H2BrClN4O2/c7-1-2-3(11-12-4(1)8)5(13)10-6(14)9-2/h(H2,9,10,13,14). The van der Waals surface area contributed by atoms with Crippen molar-refractivity contribution in [1.29, 1.82) is 0 Å². The van der Waals surface area contributed by atoms with E-state index < -0.39 is 11.2 Å². The molecular formula is C6H2BrClN4O2. The Labute approximate surface area is 89.5 Å². The summed E-state index contributed by atoms with van der Waals surface area (Å²) >= 11 is 8.73. The van der Waals surface area contributed by atoms with E-state index in [0.717, 1.165) is 0 Å². The first-order valence-corrected chi connectivity index (χ1v) is 4.60. The third-order valence-electron chi connectivity index (χ3n) is 1.56. The SMILES string of the molecule is O=c1[nH]c(=O)c2nnc(Cl)c(Br)c2[nH]1. The number of hydrogen-bond donors (Lipinski definition) is 2. The third kappa shape index (κ3) is 1.34. The second-order valence-electron chi connectivity index (χ2n) is 2.44. The summed E-state index contributed by atoms with van der Waals surface area (Å²) in [5, 5.41) is 7.16. The van der Waals surface area contributed by atoms with Crippen LogP contribution in [0.1, 0.15) is 0 Å². The van der Waals surface area contributed by atoms with Crippen molar-refractivity contribution in [2.45, 2.75) is 0 Å². The average molecular weight is 277 g/mol. The molecule has 2 N–H and O–H groups in total. The second kappa shape index (κ2) is 3.18. The van der Waals surface area contributed by atoms with Gasteiger partial charge in [0.25, 0.3) is 5.56 Å². The van der Waals surface area contributed by atoms with Gasteiger partial charge in [-0.1, -0.05) is 11.6 Å². The lowest BCUT2D eigenvalue weighted by molar-refractivity contribution is 1.01. The Kier molecular flexibility index (Phi) is 2.12. The van der Waals surface area contributed by atoms with Gasteiger partial charge >= 0.3 is 5.69 Å². The summed E-state index contributed by atoms with van der Waals surface area (Å²) in [4.78, 5) is 26.6. The molecule has 72 valence electrons. The normalized spacial score (nSPS) is 10.7. The number of halogens is 2. The molecule has 0 saturated heterocycles. The first-order chi connectivity index (χ1) is 6.59. The third-order valence-corrected chi connectivity index (χ3v) is 2.82. The highest BCUT2D eigenvalue weighted by Gasteiger charge is 2.09. The topological polar surface area (TPSA) is 91.5 Å². The van der Waals surface area contributed by atoms with E-state index in [9.17, 15) is 9.59 Å². The minimum atomic E-state index is -0.618. The van der Waals surface area contributed by atoms with Crippen LogP contribution in [0.5, 0.6) is 0 Å². The van der Waals surface area contributed by atoms with E-state index in [-0.39, 0.29) is 16.2 Å². The fourth-order valence-corrected chi connectivity index (χ4v) is 1.47. The van der Waals surface area contributed by atoms with Crippen LogP contribution in [-0.2, 0) is 0 Å². The van der Waals surface area contributed by atoms with Crippen molar-refractivity contribution in [1.82, 2.24) is 20.2 Å². The van der Waals surface area contributed by atoms with Gasteiger partial charge in [0, 0.05) is 0 Å². The Morgan fingerprint density at radius 2 is 1.93 bits per heavy atom. The van der Waals surface area contributed by atoms with Crippen LogP contribution in [-0.4, -0.2) is 20.2 Å². The van der Waals surface area contributed by atoms with Crippen LogP contribution in [0.4, 0.5) is 0 Å². The Morgan fingerprint density at radius 1 is 1.21 bits per heavy atom. The summed E-state index contributed by atoms with van der Waals surface area (Å²) in [7, 11) is 0. The Morgan fingerprint density at radius 3 is 2.64 bits per heavy atom. The van der Waals surface area contributed by atoms with E-state index in [1.165, 1.54) is 0 Å². The molecule has 0 unspecified atom stereocenters. The van der Waals surface area contributed by atoms with Crippen LogP contribution < -0.4 is 11.2 Å². The van der Waals surface area contributed by atoms with E-state index in [0.29, 0.717) is 4.47 Å². The fraction of sp³-hybridized carbons (Fsp3) is 0. The highest BCUT2D eigenvalue weighted by Crippen LogP contribution is 2.23. The maximum atomic E-state index is 11.2. The zero-order valence-electron chi connectivity index (χ0n) is 6.47. The summed E-state index contributed by atoms with van der Waals surface area (Å²) in [6.07, 6.45) is 0. The molecule has 0 aliphatic heterocycles. The number of aromatic amines is 2. The van der Waals surface area contributed by atoms with E-state index in [2.05, 4.69) is 31.1 Å². The van der Waals surface area contributed by atoms with Crippen LogP contribution in [0, 0.1) is 0 Å². The maximum absolute atomic E-state index is 11.2. The molecule has 0 aliphatic rings. The number of nitrogens with one attached hydrogen (secondary N) is 2. The van der Waals surface area contributed by atoms with Gasteiger partial charge in [0.1, 0.15) is 0 Å². The molecule has 0 aromatic carbocycles. The highest BCUT2D eigenvalue weighted by atomic mass is 79.9. The van der Waals surface area contributed by atoms with Crippen LogP contribution in [0.2, 0.25) is 5.15 Å². The zero-order chi connectivity index (χ0) is 10.3. The lowest BCUT2D eigenvalue weighted by Crippen LogP contribution is -2.23. The van der Waals surface area contributed by atoms with Crippen LogP contribution in [0.3, 0.4) is 0 Å². The van der Waals surface area contributed by atoms with Gasteiger partial charge in [0.15, 0.2) is 10.7 Å². The number of fused-ring (bicyclic) bond motifs is 1. The predicted molar refractivity (Wildman–Crippen MR) is 53.5 cm³/mol. The molecule has 6 nitrogen and oxygen atoms in total.